The van der Waals surface area contributed by atoms with Crippen LogP contribution >= 0.6 is 0 Å². The minimum absolute atomic E-state index is 0.0478. The Morgan fingerprint density at radius 3 is 2.70 bits per heavy atom. The van der Waals surface area contributed by atoms with Gasteiger partial charge < -0.3 is 20.9 Å². The van der Waals surface area contributed by atoms with Crippen molar-refractivity contribution in [1.82, 2.24) is 5.32 Å². The third-order valence-electron chi connectivity index (χ3n) is 4.00. The molecule has 5 heteroatoms. The average molecular weight is 278 g/mol. The molecule has 5 nitrogen and oxygen atoms in total. The molecule has 0 spiro atoms. The summed E-state index contributed by atoms with van der Waals surface area (Å²) < 4.78 is 5.20. The van der Waals surface area contributed by atoms with Crippen molar-refractivity contribution in [1.29, 1.82) is 0 Å². The van der Waals surface area contributed by atoms with Gasteiger partial charge in [-0.05, 0) is 25.0 Å². The van der Waals surface area contributed by atoms with Crippen LogP contribution in [-0.4, -0.2) is 30.3 Å². The van der Waals surface area contributed by atoms with Crippen LogP contribution in [0.2, 0.25) is 0 Å². The number of nitrogens with one attached hydrogen (secondary N) is 1. The van der Waals surface area contributed by atoms with E-state index in [1.807, 2.05) is 0 Å². The number of ether oxygens (including phenoxy) is 1. The second-order valence-corrected chi connectivity index (χ2v) is 5.38. The zero-order chi connectivity index (χ0) is 14.6. The highest BCUT2D eigenvalue weighted by molar-refractivity contribution is 6.02. The number of benzene rings is 1. The highest BCUT2D eigenvalue weighted by Gasteiger charge is 2.34. The fourth-order valence-electron chi connectivity index (χ4n) is 2.82. The first-order valence-electron chi connectivity index (χ1n) is 6.98. The number of aliphatic hydroxyl groups is 1. The molecule has 2 rings (SSSR count). The lowest BCUT2D eigenvalue weighted by Gasteiger charge is -2.36. The number of nitrogen functional groups attached to an aromatic ring is 1. The zero-order valence-electron chi connectivity index (χ0n) is 11.8. The highest BCUT2D eigenvalue weighted by atomic mass is 16.5. The summed E-state index contributed by atoms with van der Waals surface area (Å²) in [6, 6.07) is 5.12. The van der Waals surface area contributed by atoms with E-state index in [2.05, 4.69) is 5.32 Å². The lowest BCUT2D eigenvalue weighted by Crippen LogP contribution is -2.52. The van der Waals surface area contributed by atoms with E-state index in [1.165, 1.54) is 7.11 Å². The van der Waals surface area contributed by atoms with Crippen LogP contribution in [0.15, 0.2) is 18.2 Å². The first-order valence-corrected chi connectivity index (χ1v) is 6.98. The van der Waals surface area contributed by atoms with Crippen molar-refractivity contribution in [3.63, 3.8) is 0 Å². The van der Waals surface area contributed by atoms with Crippen molar-refractivity contribution in [2.45, 2.75) is 37.6 Å². The maximum atomic E-state index is 12.5. The van der Waals surface area contributed by atoms with E-state index in [9.17, 15) is 9.90 Å². The number of carbonyl (C=O) groups excluding carboxylic acids is 1. The van der Waals surface area contributed by atoms with Gasteiger partial charge in [0.05, 0.1) is 19.3 Å². The molecule has 0 aliphatic heterocycles. The molecule has 0 saturated heterocycles. The molecule has 1 amide bonds. The van der Waals surface area contributed by atoms with Gasteiger partial charge in [-0.1, -0.05) is 25.3 Å². The molecule has 20 heavy (non-hydrogen) atoms. The smallest absolute Gasteiger partial charge is 0.257 e. The van der Waals surface area contributed by atoms with Crippen LogP contribution in [0.5, 0.6) is 5.75 Å². The van der Waals surface area contributed by atoms with Crippen molar-refractivity contribution in [3.8, 4) is 5.75 Å². The molecule has 0 radical (unpaired) electrons. The Kier molecular flexibility index (Phi) is 4.49. The Hall–Kier alpha value is -1.75. The van der Waals surface area contributed by atoms with E-state index in [4.69, 9.17) is 10.5 Å². The number of hydrogen-bond acceptors (Lipinski definition) is 4. The summed E-state index contributed by atoms with van der Waals surface area (Å²) in [7, 11) is 1.51. The van der Waals surface area contributed by atoms with Crippen molar-refractivity contribution in [2.24, 2.45) is 0 Å². The van der Waals surface area contributed by atoms with Gasteiger partial charge in [-0.15, -0.1) is 0 Å². The van der Waals surface area contributed by atoms with E-state index in [0.717, 1.165) is 32.1 Å². The maximum absolute atomic E-state index is 12.5. The van der Waals surface area contributed by atoms with E-state index in [0.29, 0.717) is 17.0 Å². The number of nitrogens with two attached hydrogens (primary N) is 1. The Morgan fingerprint density at radius 1 is 1.40 bits per heavy atom. The average Bonchev–Trinajstić information content (AvgIpc) is 2.47. The Labute approximate surface area is 119 Å². The second kappa shape index (κ2) is 6.13. The van der Waals surface area contributed by atoms with Gasteiger partial charge >= 0.3 is 0 Å². The van der Waals surface area contributed by atoms with Crippen LogP contribution in [0.3, 0.4) is 0 Å². The largest absolute Gasteiger partial charge is 0.496 e. The summed E-state index contributed by atoms with van der Waals surface area (Å²) in [5.41, 5.74) is 6.08. The molecule has 1 aromatic rings. The molecule has 4 N–H and O–H groups in total. The van der Waals surface area contributed by atoms with Gasteiger partial charge in [0.15, 0.2) is 0 Å². The first kappa shape index (κ1) is 14.7. The number of amides is 1. The second-order valence-electron chi connectivity index (χ2n) is 5.38. The summed E-state index contributed by atoms with van der Waals surface area (Å²) in [4.78, 5) is 12.5. The molecule has 1 aliphatic carbocycles. The minimum atomic E-state index is -0.525. The van der Waals surface area contributed by atoms with Crippen LogP contribution in [-0.2, 0) is 0 Å². The molecule has 0 unspecified atom stereocenters. The normalized spacial score (nSPS) is 17.5. The summed E-state index contributed by atoms with van der Waals surface area (Å²) in [5, 5.41) is 12.6. The zero-order valence-corrected chi connectivity index (χ0v) is 11.8. The number of rotatable bonds is 4. The fourth-order valence-corrected chi connectivity index (χ4v) is 2.82. The fraction of sp³-hybridized carbons (Fsp3) is 0.533. The van der Waals surface area contributed by atoms with Gasteiger partial charge in [0, 0.05) is 5.69 Å². The van der Waals surface area contributed by atoms with E-state index >= 15 is 0 Å². The van der Waals surface area contributed by atoms with Gasteiger partial charge in [0.2, 0.25) is 0 Å². The van der Waals surface area contributed by atoms with Crippen molar-refractivity contribution in [3.05, 3.63) is 23.8 Å². The van der Waals surface area contributed by atoms with Crippen LogP contribution in [0, 0.1) is 0 Å². The number of carbonyl (C=O) groups is 1. The summed E-state index contributed by atoms with van der Waals surface area (Å²) in [6.45, 7) is -0.0478. The molecule has 0 bridgehead atoms. The topological polar surface area (TPSA) is 84.6 Å². The molecule has 0 atom stereocenters. The summed E-state index contributed by atoms with van der Waals surface area (Å²) >= 11 is 0. The summed E-state index contributed by atoms with van der Waals surface area (Å²) in [5.74, 6) is 0.169. The van der Waals surface area contributed by atoms with Gasteiger partial charge in [-0.2, -0.15) is 0 Å². The molecular formula is C15H22N2O3. The van der Waals surface area contributed by atoms with E-state index < -0.39 is 5.54 Å². The van der Waals surface area contributed by atoms with E-state index in [-0.39, 0.29) is 12.5 Å². The highest BCUT2D eigenvalue weighted by Crippen LogP contribution is 2.30. The lowest BCUT2D eigenvalue weighted by atomic mass is 9.82. The van der Waals surface area contributed by atoms with Gasteiger partial charge in [-0.25, -0.2) is 0 Å². The van der Waals surface area contributed by atoms with Crippen LogP contribution in [0.25, 0.3) is 0 Å². The Bertz CT molecular complexity index is 482. The first-order chi connectivity index (χ1) is 9.62. The molecule has 110 valence electrons. The number of methoxy groups -OCH3 is 1. The van der Waals surface area contributed by atoms with Gasteiger partial charge in [0.25, 0.3) is 5.91 Å². The third kappa shape index (κ3) is 2.88. The lowest BCUT2D eigenvalue weighted by molar-refractivity contribution is 0.0757. The minimum Gasteiger partial charge on any atom is -0.496 e. The van der Waals surface area contributed by atoms with Crippen LogP contribution in [0.4, 0.5) is 5.69 Å². The SMILES string of the molecule is COc1cccc(N)c1C(=O)NC1(CO)CCCCC1. The quantitative estimate of drug-likeness (QED) is 0.732. The van der Waals surface area contributed by atoms with Crippen molar-refractivity contribution >= 4 is 11.6 Å². The number of anilines is 1. The molecule has 0 aromatic heterocycles. The van der Waals surface area contributed by atoms with Crippen LogP contribution < -0.4 is 15.8 Å². The summed E-state index contributed by atoms with van der Waals surface area (Å²) in [6.07, 6.45) is 4.77. The maximum Gasteiger partial charge on any atom is 0.257 e. The number of aliphatic hydroxyl groups excluding tert-OH is 1. The molecule has 1 fully saturated rings. The Morgan fingerprint density at radius 2 is 2.10 bits per heavy atom. The third-order valence-corrected chi connectivity index (χ3v) is 4.00. The van der Waals surface area contributed by atoms with Crippen LogP contribution in [0.1, 0.15) is 42.5 Å². The molecular weight excluding hydrogens is 256 g/mol. The monoisotopic (exact) mass is 278 g/mol. The molecule has 0 heterocycles. The predicted molar refractivity (Wildman–Crippen MR) is 77.8 cm³/mol. The van der Waals surface area contributed by atoms with Gasteiger partial charge in [-0.3, -0.25) is 4.79 Å². The standard InChI is InChI=1S/C15H22N2O3/c1-20-12-7-5-6-11(16)13(12)14(19)17-15(10-18)8-3-2-4-9-15/h5-7,18H,2-4,8-10,16H2,1H3,(H,17,19). The van der Waals surface area contributed by atoms with E-state index in [1.54, 1.807) is 18.2 Å². The Balaban J connectivity index is 2.23. The van der Waals surface area contributed by atoms with Crippen molar-refractivity contribution in [2.75, 3.05) is 19.5 Å². The van der Waals surface area contributed by atoms with Crippen molar-refractivity contribution < 1.29 is 14.6 Å². The molecule has 1 aliphatic rings. The predicted octanol–water partition coefficient (Wildman–Crippen LogP) is 1.70. The van der Waals surface area contributed by atoms with Gasteiger partial charge in [0.1, 0.15) is 11.3 Å². The molecule has 1 aromatic carbocycles. The molecule has 1 saturated carbocycles. The number of hydrogen-bond donors (Lipinski definition) is 3.